The van der Waals surface area contributed by atoms with Gasteiger partial charge in [-0.25, -0.2) is 4.39 Å². The first-order chi connectivity index (χ1) is 11.5. The third kappa shape index (κ3) is 4.12. The van der Waals surface area contributed by atoms with Crippen molar-refractivity contribution in [1.29, 1.82) is 0 Å². The largest absolute Gasteiger partial charge is 0.339 e. The first-order valence-electron chi connectivity index (χ1n) is 8.43. The molecule has 1 saturated heterocycles. The summed E-state index contributed by atoms with van der Waals surface area (Å²) in [7, 11) is 3.49. The van der Waals surface area contributed by atoms with Crippen molar-refractivity contribution >= 4 is 11.8 Å². The molecular formula is C18H26FN3O2. The zero-order valence-electron chi connectivity index (χ0n) is 14.7. The van der Waals surface area contributed by atoms with Crippen molar-refractivity contribution in [3.63, 3.8) is 0 Å². The van der Waals surface area contributed by atoms with E-state index in [1.54, 1.807) is 47.0 Å². The lowest BCUT2D eigenvalue weighted by atomic mass is 10.0. The van der Waals surface area contributed by atoms with Crippen molar-refractivity contribution in [2.45, 2.75) is 25.8 Å². The van der Waals surface area contributed by atoms with Crippen LogP contribution in [0, 0.1) is 5.82 Å². The lowest BCUT2D eigenvalue weighted by Crippen LogP contribution is -2.54. The first-order valence-corrected chi connectivity index (χ1v) is 8.43. The molecule has 1 atom stereocenters. The molecule has 0 radical (unpaired) electrons. The number of nitrogens with zero attached hydrogens (tertiary/aromatic N) is 3. The average molecular weight is 335 g/mol. The monoisotopic (exact) mass is 335 g/mol. The number of carbonyl (C=O) groups excluding carboxylic acids is 2. The summed E-state index contributed by atoms with van der Waals surface area (Å²) in [6, 6.07) is 5.58. The minimum absolute atomic E-state index is 0.0333. The zero-order valence-corrected chi connectivity index (χ0v) is 14.7. The Hall–Kier alpha value is -1.95. The number of amides is 2. The van der Waals surface area contributed by atoms with Crippen LogP contribution in [0.15, 0.2) is 24.3 Å². The molecule has 0 bridgehead atoms. The molecule has 0 N–H and O–H groups in total. The molecule has 0 aromatic heterocycles. The minimum atomic E-state index is -0.721. The number of likely N-dealkylation sites (N-methyl/N-ethyl adjacent to an activating group) is 1. The van der Waals surface area contributed by atoms with Crippen molar-refractivity contribution in [2.75, 3.05) is 40.3 Å². The van der Waals surface area contributed by atoms with Crippen LogP contribution in [0.4, 0.5) is 4.39 Å². The molecular weight excluding hydrogens is 309 g/mol. The smallest absolute Gasteiger partial charge is 0.245 e. The van der Waals surface area contributed by atoms with E-state index in [1.165, 1.54) is 6.07 Å². The van der Waals surface area contributed by atoms with Crippen molar-refractivity contribution in [2.24, 2.45) is 0 Å². The third-order valence-corrected chi connectivity index (χ3v) is 4.36. The Morgan fingerprint density at radius 2 is 2.00 bits per heavy atom. The summed E-state index contributed by atoms with van der Waals surface area (Å²) in [4.78, 5) is 30.2. The van der Waals surface area contributed by atoms with Gasteiger partial charge in [0, 0.05) is 25.2 Å². The molecule has 6 heteroatoms. The number of piperazine rings is 1. The summed E-state index contributed by atoms with van der Waals surface area (Å²) in [5, 5.41) is 0. The highest BCUT2D eigenvalue weighted by molar-refractivity contribution is 5.89. The number of rotatable bonds is 6. The van der Waals surface area contributed by atoms with Gasteiger partial charge in [-0.3, -0.25) is 14.5 Å². The van der Waals surface area contributed by atoms with Crippen molar-refractivity contribution in [3.8, 4) is 0 Å². The van der Waals surface area contributed by atoms with Crippen molar-refractivity contribution in [1.82, 2.24) is 14.7 Å². The second-order valence-electron chi connectivity index (χ2n) is 6.38. The molecule has 0 saturated carbocycles. The van der Waals surface area contributed by atoms with Gasteiger partial charge in [0.2, 0.25) is 11.8 Å². The van der Waals surface area contributed by atoms with E-state index in [0.29, 0.717) is 18.7 Å². The molecule has 1 aromatic carbocycles. The van der Waals surface area contributed by atoms with Crippen molar-refractivity contribution < 1.29 is 14.0 Å². The molecule has 2 amide bonds. The van der Waals surface area contributed by atoms with E-state index in [9.17, 15) is 14.0 Å². The molecule has 132 valence electrons. The predicted octanol–water partition coefficient (Wildman–Crippen LogP) is 1.90. The lowest BCUT2D eigenvalue weighted by Gasteiger charge is -2.37. The summed E-state index contributed by atoms with van der Waals surface area (Å²) in [5.74, 6) is -0.667. The molecule has 1 heterocycles. The lowest BCUT2D eigenvalue weighted by molar-refractivity contribution is -0.148. The van der Waals surface area contributed by atoms with Crippen molar-refractivity contribution in [3.05, 3.63) is 35.6 Å². The number of hydrogen-bond donors (Lipinski definition) is 0. The highest BCUT2D eigenvalue weighted by Crippen LogP contribution is 2.24. The summed E-state index contributed by atoms with van der Waals surface area (Å²) in [6.07, 6.45) is 2.00. The van der Waals surface area contributed by atoms with Gasteiger partial charge in [-0.2, -0.15) is 0 Å². The summed E-state index contributed by atoms with van der Waals surface area (Å²) in [5.41, 5.74) is 0.341. The number of unbranched alkanes of at least 4 members (excludes halogenated alkanes) is 1. The Kier molecular flexibility index (Phi) is 6.31. The molecule has 1 fully saturated rings. The van der Waals surface area contributed by atoms with Crippen LogP contribution in [0.5, 0.6) is 0 Å². The number of carbonyl (C=O) groups is 2. The fourth-order valence-electron chi connectivity index (χ4n) is 2.98. The first kappa shape index (κ1) is 18.4. The molecule has 1 aliphatic heterocycles. The van der Waals surface area contributed by atoms with E-state index >= 15 is 0 Å². The Morgan fingerprint density at radius 3 is 2.58 bits per heavy atom. The van der Waals surface area contributed by atoms with Crippen LogP contribution in [0.3, 0.4) is 0 Å². The normalized spacial score (nSPS) is 16.6. The highest BCUT2D eigenvalue weighted by Gasteiger charge is 2.33. The standard InChI is InChI=1S/C18H26FN3O2/c1-4-5-10-21-11-12-22(13-16(21)23)18(24)17(20(2)3)14-8-6-7-9-15(14)19/h6-9,17H,4-5,10-13H2,1-3H3/t17-/m1/s1. The molecule has 1 aromatic rings. The molecule has 24 heavy (non-hydrogen) atoms. The molecule has 0 unspecified atom stereocenters. The van der Waals surface area contributed by atoms with E-state index in [0.717, 1.165) is 19.4 Å². The fourth-order valence-corrected chi connectivity index (χ4v) is 2.98. The number of halogens is 1. The van der Waals surface area contributed by atoms with Crippen LogP contribution in [0.1, 0.15) is 31.4 Å². The van der Waals surface area contributed by atoms with Gasteiger partial charge in [-0.05, 0) is 26.6 Å². The maximum absolute atomic E-state index is 14.1. The minimum Gasteiger partial charge on any atom is -0.339 e. The Balaban J connectivity index is 2.12. The fraction of sp³-hybridized carbons (Fsp3) is 0.556. The van der Waals surface area contributed by atoms with Gasteiger partial charge in [0.1, 0.15) is 11.9 Å². The summed E-state index contributed by atoms with van der Waals surface area (Å²) < 4.78 is 14.1. The van der Waals surface area contributed by atoms with Gasteiger partial charge in [0.05, 0.1) is 6.54 Å². The van der Waals surface area contributed by atoms with Crippen LogP contribution in [0.25, 0.3) is 0 Å². The topological polar surface area (TPSA) is 43.9 Å². The maximum atomic E-state index is 14.1. The average Bonchev–Trinajstić information content (AvgIpc) is 2.55. The van der Waals surface area contributed by atoms with Crippen LogP contribution < -0.4 is 0 Å². The van der Waals surface area contributed by atoms with Crippen LogP contribution in [0.2, 0.25) is 0 Å². The second-order valence-corrected chi connectivity index (χ2v) is 6.38. The van der Waals surface area contributed by atoms with Crippen LogP contribution in [-0.4, -0.2) is 66.8 Å². The van der Waals surface area contributed by atoms with Crippen LogP contribution >= 0.6 is 0 Å². The van der Waals surface area contributed by atoms with Gasteiger partial charge >= 0.3 is 0 Å². The quantitative estimate of drug-likeness (QED) is 0.797. The van der Waals surface area contributed by atoms with Crippen LogP contribution in [-0.2, 0) is 9.59 Å². The van der Waals surface area contributed by atoms with Gasteiger partial charge < -0.3 is 9.80 Å². The second kappa shape index (κ2) is 8.24. The van der Waals surface area contributed by atoms with E-state index in [4.69, 9.17) is 0 Å². The Labute approximate surface area is 143 Å². The predicted molar refractivity (Wildman–Crippen MR) is 90.9 cm³/mol. The molecule has 5 nitrogen and oxygen atoms in total. The molecule has 0 spiro atoms. The maximum Gasteiger partial charge on any atom is 0.245 e. The Morgan fingerprint density at radius 1 is 1.29 bits per heavy atom. The molecule has 2 rings (SSSR count). The van der Waals surface area contributed by atoms with Gasteiger partial charge in [0.15, 0.2) is 0 Å². The van der Waals surface area contributed by atoms with Gasteiger partial charge in [-0.1, -0.05) is 31.5 Å². The molecule has 0 aliphatic carbocycles. The summed E-state index contributed by atoms with van der Waals surface area (Å²) in [6.45, 7) is 3.93. The Bertz CT molecular complexity index is 591. The highest BCUT2D eigenvalue weighted by atomic mass is 19.1. The van der Waals surface area contributed by atoms with E-state index in [1.807, 2.05) is 0 Å². The number of benzene rings is 1. The van der Waals surface area contributed by atoms with Gasteiger partial charge in [-0.15, -0.1) is 0 Å². The van der Waals surface area contributed by atoms with E-state index in [-0.39, 0.29) is 18.4 Å². The molecule has 1 aliphatic rings. The SMILES string of the molecule is CCCCN1CCN(C(=O)[C@@H](c2ccccc2F)N(C)C)CC1=O. The van der Waals surface area contributed by atoms with Gasteiger partial charge in [0.25, 0.3) is 0 Å². The van der Waals surface area contributed by atoms with E-state index in [2.05, 4.69) is 6.92 Å². The third-order valence-electron chi connectivity index (χ3n) is 4.36. The zero-order chi connectivity index (χ0) is 17.7. The summed E-state index contributed by atoms with van der Waals surface area (Å²) >= 11 is 0. The van der Waals surface area contributed by atoms with E-state index < -0.39 is 11.9 Å². The number of hydrogen-bond acceptors (Lipinski definition) is 3.